The zero-order valence-electron chi connectivity index (χ0n) is 9.61. The Morgan fingerprint density at radius 1 is 1.31 bits per heavy atom. The molecule has 0 saturated carbocycles. The van der Waals surface area contributed by atoms with Gasteiger partial charge in [-0.15, -0.1) is 0 Å². The number of hydrogen-bond donors (Lipinski definition) is 3. The highest BCUT2D eigenvalue weighted by Crippen LogP contribution is 2.23. The summed E-state index contributed by atoms with van der Waals surface area (Å²) in [7, 11) is -1.37. The lowest BCUT2D eigenvalue weighted by Gasteiger charge is -2.24. The number of nitrogens with one attached hydrogen (secondary N) is 1. The minimum Gasteiger partial charge on any atom is -0.423 e. The van der Waals surface area contributed by atoms with Gasteiger partial charge in [0.1, 0.15) is 0 Å². The first-order chi connectivity index (χ1) is 7.66. The monoisotopic (exact) mass is 219 g/mol. The van der Waals surface area contributed by atoms with Crippen molar-refractivity contribution in [3.8, 4) is 0 Å². The topological polar surface area (TPSA) is 52.5 Å². The van der Waals surface area contributed by atoms with E-state index < -0.39 is 7.12 Å². The Morgan fingerprint density at radius 3 is 2.75 bits per heavy atom. The van der Waals surface area contributed by atoms with Crippen LogP contribution >= 0.6 is 0 Å². The van der Waals surface area contributed by atoms with Crippen LogP contribution in [-0.2, 0) is 0 Å². The molecule has 3 nitrogen and oxygen atoms in total. The van der Waals surface area contributed by atoms with Crippen molar-refractivity contribution >= 4 is 12.6 Å². The van der Waals surface area contributed by atoms with E-state index in [4.69, 9.17) is 0 Å². The van der Waals surface area contributed by atoms with Gasteiger partial charge in [-0.1, -0.05) is 23.8 Å². The van der Waals surface area contributed by atoms with Crippen LogP contribution in [0.1, 0.15) is 29.9 Å². The van der Waals surface area contributed by atoms with Crippen LogP contribution < -0.4 is 10.8 Å². The minimum absolute atomic E-state index is 0.506. The van der Waals surface area contributed by atoms with Crippen LogP contribution in [-0.4, -0.2) is 30.3 Å². The predicted octanol–water partition coefficient (Wildman–Crippen LogP) is 0.142. The molecule has 1 aliphatic heterocycles. The molecule has 1 fully saturated rings. The molecule has 0 aromatic heterocycles. The zero-order valence-corrected chi connectivity index (χ0v) is 9.61. The van der Waals surface area contributed by atoms with Crippen molar-refractivity contribution in [2.24, 2.45) is 0 Å². The third kappa shape index (κ3) is 2.64. The van der Waals surface area contributed by atoms with Crippen LogP contribution in [0.2, 0.25) is 0 Å². The number of hydrogen-bond acceptors (Lipinski definition) is 3. The molecule has 2 rings (SSSR count). The van der Waals surface area contributed by atoms with Gasteiger partial charge in [0.15, 0.2) is 0 Å². The molecule has 0 amide bonds. The highest BCUT2D eigenvalue weighted by molar-refractivity contribution is 6.58. The van der Waals surface area contributed by atoms with E-state index in [1.807, 2.05) is 19.1 Å². The summed E-state index contributed by atoms with van der Waals surface area (Å²) < 4.78 is 0. The van der Waals surface area contributed by atoms with Crippen LogP contribution in [0, 0.1) is 6.92 Å². The highest BCUT2D eigenvalue weighted by atomic mass is 16.4. The first-order valence-corrected chi connectivity index (χ1v) is 5.85. The smallest absolute Gasteiger partial charge is 0.423 e. The van der Waals surface area contributed by atoms with Crippen molar-refractivity contribution in [3.05, 3.63) is 29.3 Å². The van der Waals surface area contributed by atoms with Crippen molar-refractivity contribution in [2.45, 2.75) is 25.7 Å². The molecular weight excluding hydrogens is 201 g/mol. The molecule has 86 valence electrons. The number of benzene rings is 1. The van der Waals surface area contributed by atoms with Gasteiger partial charge < -0.3 is 15.4 Å². The third-order valence-electron chi connectivity index (χ3n) is 3.19. The van der Waals surface area contributed by atoms with Gasteiger partial charge >= 0.3 is 7.12 Å². The summed E-state index contributed by atoms with van der Waals surface area (Å²) in [6, 6.07) is 5.88. The summed E-state index contributed by atoms with van der Waals surface area (Å²) in [6.07, 6.45) is 2.37. The third-order valence-corrected chi connectivity index (χ3v) is 3.19. The normalized spacial score (nSPS) is 20.8. The van der Waals surface area contributed by atoms with E-state index in [2.05, 4.69) is 11.4 Å². The van der Waals surface area contributed by atoms with Gasteiger partial charge in [0.05, 0.1) is 0 Å². The number of piperidine rings is 1. The van der Waals surface area contributed by atoms with E-state index in [1.54, 1.807) is 0 Å². The van der Waals surface area contributed by atoms with E-state index in [9.17, 15) is 10.0 Å². The second-order valence-electron chi connectivity index (χ2n) is 4.59. The maximum absolute atomic E-state index is 9.21. The summed E-state index contributed by atoms with van der Waals surface area (Å²) in [5, 5.41) is 21.8. The lowest BCUT2D eigenvalue weighted by Crippen LogP contribution is -2.32. The van der Waals surface area contributed by atoms with Crippen LogP contribution in [0.3, 0.4) is 0 Å². The molecule has 0 aliphatic carbocycles. The average molecular weight is 219 g/mol. The van der Waals surface area contributed by atoms with E-state index in [1.165, 1.54) is 18.4 Å². The Hall–Kier alpha value is -0.835. The van der Waals surface area contributed by atoms with Crippen molar-refractivity contribution in [1.29, 1.82) is 0 Å². The van der Waals surface area contributed by atoms with Crippen LogP contribution in [0.25, 0.3) is 0 Å². The predicted molar refractivity (Wildman–Crippen MR) is 65.8 cm³/mol. The molecule has 1 heterocycles. The molecule has 1 unspecified atom stereocenters. The van der Waals surface area contributed by atoms with Gasteiger partial charge in [-0.25, -0.2) is 0 Å². The average Bonchev–Trinajstić information content (AvgIpc) is 2.29. The lowest BCUT2D eigenvalue weighted by molar-refractivity contribution is 0.425. The largest absolute Gasteiger partial charge is 0.488 e. The summed E-state index contributed by atoms with van der Waals surface area (Å²) in [5.74, 6) is 0.506. The fourth-order valence-electron chi connectivity index (χ4n) is 2.36. The first-order valence-electron chi connectivity index (χ1n) is 5.85. The van der Waals surface area contributed by atoms with Crippen LogP contribution in [0.5, 0.6) is 0 Å². The van der Waals surface area contributed by atoms with Crippen molar-refractivity contribution in [1.82, 2.24) is 5.32 Å². The van der Waals surface area contributed by atoms with Crippen molar-refractivity contribution < 1.29 is 10.0 Å². The molecule has 3 N–H and O–H groups in total. The van der Waals surface area contributed by atoms with Gasteiger partial charge in [0, 0.05) is 6.54 Å². The van der Waals surface area contributed by atoms with Crippen LogP contribution in [0.15, 0.2) is 18.2 Å². The maximum atomic E-state index is 9.21. The Labute approximate surface area is 96.6 Å². The Kier molecular flexibility index (Phi) is 3.64. The lowest BCUT2D eigenvalue weighted by atomic mass is 9.77. The second kappa shape index (κ2) is 5.00. The molecule has 1 aromatic rings. The molecule has 1 atom stereocenters. The summed E-state index contributed by atoms with van der Waals surface area (Å²) in [5.41, 5.74) is 2.90. The Balaban J connectivity index is 2.25. The minimum atomic E-state index is -1.37. The molecule has 1 aliphatic rings. The van der Waals surface area contributed by atoms with Gasteiger partial charge in [-0.05, 0) is 43.3 Å². The second-order valence-corrected chi connectivity index (χ2v) is 4.59. The quantitative estimate of drug-likeness (QED) is 0.620. The van der Waals surface area contributed by atoms with E-state index in [0.717, 1.165) is 18.7 Å². The van der Waals surface area contributed by atoms with E-state index >= 15 is 0 Å². The first kappa shape index (κ1) is 11.6. The fraction of sp³-hybridized carbons (Fsp3) is 0.500. The fourth-order valence-corrected chi connectivity index (χ4v) is 2.36. The Morgan fingerprint density at radius 2 is 2.12 bits per heavy atom. The summed E-state index contributed by atoms with van der Waals surface area (Å²) in [4.78, 5) is 0. The molecule has 16 heavy (non-hydrogen) atoms. The highest BCUT2D eigenvalue weighted by Gasteiger charge is 2.18. The van der Waals surface area contributed by atoms with Gasteiger partial charge in [-0.3, -0.25) is 0 Å². The summed E-state index contributed by atoms with van der Waals surface area (Å²) in [6.45, 7) is 4.08. The van der Waals surface area contributed by atoms with E-state index in [0.29, 0.717) is 11.4 Å². The molecule has 1 saturated heterocycles. The standard InChI is InChI=1S/C12H18BNO2/c1-9-5-11(7-12(6-9)13(15)16)10-3-2-4-14-8-10/h5-7,10,14-16H,2-4,8H2,1H3. The number of rotatable bonds is 2. The summed E-state index contributed by atoms with van der Waals surface area (Å²) >= 11 is 0. The zero-order chi connectivity index (χ0) is 11.5. The maximum Gasteiger partial charge on any atom is 0.488 e. The van der Waals surface area contributed by atoms with Gasteiger partial charge in [0.25, 0.3) is 0 Å². The van der Waals surface area contributed by atoms with Crippen molar-refractivity contribution in [3.63, 3.8) is 0 Å². The number of aryl methyl sites for hydroxylation is 1. The molecular formula is C12H18BNO2. The molecule has 1 aromatic carbocycles. The SMILES string of the molecule is Cc1cc(B(O)O)cc(C2CCCNC2)c1. The molecule has 0 spiro atoms. The van der Waals surface area contributed by atoms with Crippen LogP contribution in [0.4, 0.5) is 0 Å². The van der Waals surface area contributed by atoms with Gasteiger partial charge in [0.2, 0.25) is 0 Å². The molecule has 0 radical (unpaired) electrons. The molecule has 4 heteroatoms. The molecule has 0 bridgehead atoms. The van der Waals surface area contributed by atoms with Gasteiger partial charge in [-0.2, -0.15) is 0 Å². The van der Waals surface area contributed by atoms with E-state index in [-0.39, 0.29) is 0 Å². The Bertz CT molecular complexity index is 362. The van der Waals surface area contributed by atoms with Crippen molar-refractivity contribution in [2.75, 3.05) is 13.1 Å².